The lowest BCUT2D eigenvalue weighted by atomic mass is 10.1. The molecule has 2 heterocycles. The van der Waals surface area contributed by atoms with Gasteiger partial charge in [0, 0.05) is 22.7 Å². The van der Waals surface area contributed by atoms with E-state index >= 15 is 0 Å². The third-order valence-electron chi connectivity index (χ3n) is 3.06. The third-order valence-corrected chi connectivity index (χ3v) is 4.12. The van der Waals surface area contributed by atoms with Crippen LogP contribution in [0.5, 0.6) is 0 Å². The first kappa shape index (κ1) is 20.8. The molecular weight excluding hydrogens is 378 g/mol. The Morgan fingerprint density at radius 2 is 1.81 bits per heavy atom. The highest BCUT2D eigenvalue weighted by Crippen LogP contribution is 2.23. The number of carbonyl (C=O) groups excluding carboxylic acids is 1. The van der Waals surface area contributed by atoms with Crippen LogP contribution in [0.3, 0.4) is 0 Å². The van der Waals surface area contributed by atoms with E-state index in [4.69, 9.17) is 23.7 Å². The van der Waals surface area contributed by atoms with Crippen molar-refractivity contribution in [2.24, 2.45) is 16.5 Å². The topological polar surface area (TPSA) is 113 Å². The quantitative estimate of drug-likeness (QED) is 0.301. The van der Waals surface area contributed by atoms with Crippen LogP contribution in [0.1, 0.15) is 37.0 Å². The van der Waals surface area contributed by atoms with Gasteiger partial charge in [0.1, 0.15) is 5.69 Å². The Hall–Kier alpha value is -2.55. The summed E-state index contributed by atoms with van der Waals surface area (Å²) in [5.41, 5.74) is 13.9. The number of aromatic nitrogens is 2. The predicted molar refractivity (Wildman–Crippen MR) is 115 cm³/mol. The van der Waals surface area contributed by atoms with Crippen LogP contribution in [0.4, 0.5) is 0 Å². The number of amides is 1. The highest BCUT2D eigenvalue weighted by atomic mass is 32.1. The molecular formula is C19H23N5OS2. The van der Waals surface area contributed by atoms with E-state index in [-0.39, 0.29) is 11.4 Å². The normalized spacial score (nSPS) is 11.6. The van der Waals surface area contributed by atoms with Crippen molar-refractivity contribution in [1.82, 2.24) is 9.97 Å². The van der Waals surface area contributed by atoms with Gasteiger partial charge in [-0.2, -0.15) is 4.99 Å². The predicted octanol–water partition coefficient (Wildman–Crippen LogP) is 4.09. The number of aromatic amines is 2. The molecule has 1 aromatic carbocycles. The molecule has 0 bridgehead atoms. The highest BCUT2D eigenvalue weighted by molar-refractivity contribution is 7.73. The Bertz CT molecular complexity index is 971. The van der Waals surface area contributed by atoms with Gasteiger partial charge in [-0.3, -0.25) is 4.79 Å². The number of rotatable bonds is 3. The van der Waals surface area contributed by atoms with Crippen molar-refractivity contribution in [3.8, 4) is 11.1 Å². The van der Waals surface area contributed by atoms with Crippen molar-refractivity contribution in [3.05, 3.63) is 63.3 Å². The average molecular weight is 402 g/mol. The summed E-state index contributed by atoms with van der Waals surface area (Å²) in [5, 5.41) is 1.74. The van der Waals surface area contributed by atoms with Gasteiger partial charge in [-0.1, -0.05) is 30.3 Å². The van der Waals surface area contributed by atoms with Gasteiger partial charge in [0.25, 0.3) is 5.91 Å². The van der Waals surface area contributed by atoms with E-state index in [1.165, 1.54) is 11.3 Å². The molecule has 0 saturated carbocycles. The minimum Gasteiger partial charge on any atom is -0.382 e. The van der Waals surface area contributed by atoms with Gasteiger partial charge in [0.15, 0.2) is 9.79 Å². The van der Waals surface area contributed by atoms with Crippen LogP contribution < -0.4 is 11.5 Å². The fourth-order valence-electron chi connectivity index (χ4n) is 2.04. The summed E-state index contributed by atoms with van der Waals surface area (Å²) >= 11 is 6.33. The van der Waals surface area contributed by atoms with Gasteiger partial charge in [-0.05, 0) is 44.6 Å². The molecule has 0 fully saturated rings. The second kappa shape index (κ2) is 8.90. The number of carbonyl (C=O) groups is 1. The third kappa shape index (κ3) is 6.59. The Labute approximate surface area is 167 Å². The second-order valence-electron chi connectivity index (χ2n) is 6.86. The van der Waals surface area contributed by atoms with Crippen molar-refractivity contribution in [2.45, 2.75) is 26.3 Å². The number of amidine groups is 1. The average Bonchev–Trinajstić information content (AvgIpc) is 3.23. The summed E-state index contributed by atoms with van der Waals surface area (Å²) in [5.74, 6) is -0.308. The van der Waals surface area contributed by atoms with Gasteiger partial charge in [-0.25, -0.2) is 0 Å². The molecule has 3 rings (SSSR count). The van der Waals surface area contributed by atoms with Crippen molar-refractivity contribution in [1.29, 1.82) is 0 Å². The zero-order chi connectivity index (χ0) is 20.0. The van der Waals surface area contributed by atoms with E-state index in [1.807, 2.05) is 57.2 Å². The largest absolute Gasteiger partial charge is 0.382 e. The Balaban J connectivity index is 0.000000465. The maximum Gasteiger partial charge on any atom is 0.296 e. The van der Waals surface area contributed by atoms with Crippen molar-refractivity contribution >= 4 is 35.3 Å². The lowest BCUT2D eigenvalue weighted by Crippen LogP contribution is -2.26. The summed E-state index contributed by atoms with van der Waals surface area (Å²) in [6.45, 7) is 5.90. The minimum atomic E-state index is -0.424. The van der Waals surface area contributed by atoms with Crippen LogP contribution in [0.2, 0.25) is 0 Å². The molecule has 8 heteroatoms. The van der Waals surface area contributed by atoms with Gasteiger partial charge in [0.05, 0.1) is 5.69 Å². The number of H-pyrrole nitrogens is 2. The number of nitrogens with one attached hydrogen (secondary N) is 2. The molecule has 0 aliphatic carbocycles. The number of nitrogens with zero attached hydrogens (tertiary/aromatic N) is 1. The second-order valence-corrected chi connectivity index (χ2v) is 8.41. The van der Waals surface area contributed by atoms with Gasteiger partial charge >= 0.3 is 0 Å². The SMILES string of the molecule is CC(C)(C)N.NC(=NC(=O)c1[nH]ccc1-c1ccccc1)c1csc(=S)[nH]1. The number of benzene rings is 1. The van der Waals surface area contributed by atoms with Gasteiger partial charge in [-0.15, -0.1) is 11.3 Å². The number of nitrogens with two attached hydrogens (primary N) is 2. The summed E-state index contributed by atoms with van der Waals surface area (Å²) in [6, 6.07) is 11.5. The molecule has 0 spiro atoms. The monoisotopic (exact) mass is 401 g/mol. The zero-order valence-corrected chi connectivity index (χ0v) is 17.1. The van der Waals surface area contributed by atoms with Gasteiger partial charge < -0.3 is 21.4 Å². The fraction of sp³-hybridized carbons (Fsp3) is 0.211. The van der Waals surface area contributed by atoms with E-state index in [1.54, 1.807) is 11.6 Å². The van der Waals surface area contributed by atoms with Crippen LogP contribution in [-0.4, -0.2) is 27.2 Å². The van der Waals surface area contributed by atoms with Crippen LogP contribution in [0, 0.1) is 3.95 Å². The Kier molecular flexibility index (Phi) is 6.84. The molecule has 2 aromatic heterocycles. The fourth-order valence-corrected chi connectivity index (χ4v) is 2.86. The number of hydrogen-bond acceptors (Lipinski definition) is 4. The first-order chi connectivity index (χ1) is 12.6. The molecule has 0 atom stereocenters. The summed E-state index contributed by atoms with van der Waals surface area (Å²) in [7, 11) is 0. The van der Waals surface area contributed by atoms with Crippen LogP contribution in [0.15, 0.2) is 53.0 Å². The van der Waals surface area contributed by atoms with E-state index < -0.39 is 5.91 Å². The lowest BCUT2D eigenvalue weighted by molar-refractivity contribution is 0.0999. The minimum absolute atomic E-state index is 0. The van der Waals surface area contributed by atoms with Crippen LogP contribution >= 0.6 is 23.6 Å². The molecule has 0 unspecified atom stereocenters. The zero-order valence-electron chi connectivity index (χ0n) is 15.4. The van der Waals surface area contributed by atoms with E-state index in [0.29, 0.717) is 15.3 Å². The van der Waals surface area contributed by atoms with Crippen molar-refractivity contribution in [3.63, 3.8) is 0 Å². The summed E-state index contributed by atoms with van der Waals surface area (Å²) in [6.07, 6.45) is 1.71. The van der Waals surface area contributed by atoms with Crippen molar-refractivity contribution in [2.75, 3.05) is 0 Å². The Morgan fingerprint density at radius 3 is 2.37 bits per heavy atom. The number of aliphatic imine (C=N–C) groups is 1. The summed E-state index contributed by atoms with van der Waals surface area (Å²) in [4.78, 5) is 22.1. The lowest BCUT2D eigenvalue weighted by Gasteiger charge is -2.06. The molecule has 0 saturated heterocycles. The first-order valence-corrected chi connectivity index (χ1v) is 9.52. The van der Waals surface area contributed by atoms with E-state index in [0.717, 1.165) is 11.1 Å². The number of hydrogen-bond donors (Lipinski definition) is 4. The maximum absolute atomic E-state index is 12.4. The molecule has 0 radical (unpaired) electrons. The van der Waals surface area contributed by atoms with Crippen LogP contribution in [0.25, 0.3) is 11.1 Å². The first-order valence-electron chi connectivity index (χ1n) is 8.23. The molecule has 142 valence electrons. The van der Waals surface area contributed by atoms with E-state index in [2.05, 4.69) is 15.0 Å². The van der Waals surface area contributed by atoms with E-state index in [9.17, 15) is 4.79 Å². The Morgan fingerprint density at radius 1 is 1.19 bits per heavy atom. The maximum atomic E-state index is 12.4. The molecule has 27 heavy (non-hydrogen) atoms. The standard InChI is InChI=1S/C15H12N4OS2.C4H11N/c16-13(11-8-22-15(21)18-11)19-14(20)12-10(6-7-17-12)9-4-2-1-3-5-9;1-4(2,3)5/h1-8,17H,(H,18,21)(H2,16,19,20);5H2,1-3H3. The summed E-state index contributed by atoms with van der Waals surface area (Å²) < 4.78 is 0.588. The number of thiazole rings is 1. The molecule has 6 nitrogen and oxygen atoms in total. The molecule has 6 N–H and O–H groups in total. The highest BCUT2D eigenvalue weighted by Gasteiger charge is 2.14. The molecule has 3 aromatic rings. The molecule has 0 aliphatic heterocycles. The van der Waals surface area contributed by atoms with Crippen molar-refractivity contribution < 1.29 is 4.79 Å². The van der Waals surface area contributed by atoms with Gasteiger partial charge in [0.2, 0.25) is 0 Å². The van der Waals surface area contributed by atoms with Crippen LogP contribution in [-0.2, 0) is 0 Å². The molecule has 1 amide bonds. The molecule has 0 aliphatic rings. The smallest absolute Gasteiger partial charge is 0.296 e.